The van der Waals surface area contributed by atoms with Gasteiger partial charge in [-0.25, -0.2) is 0 Å². The molecule has 0 aliphatic heterocycles. The highest BCUT2D eigenvalue weighted by Gasteiger charge is 2.91. The first kappa shape index (κ1) is 10.6. The number of hydrogen-bond acceptors (Lipinski definition) is 1. The zero-order valence-electron chi connectivity index (χ0n) is 11.0. The molecule has 5 aliphatic carbocycles. The molecule has 6 rings (SSSR count). The Morgan fingerprint density at radius 2 is 2.00 bits per heavy atom. The number of nitrogens with one attached hydrogen (secondary N) is 1. The molecular weight excluding hydrogens is 222 g/mol. The summed E-state index contributed by atoms with van der Waals surface area (Å²) in [4.78, 5) is 12.7. The van der Waals surface area contributed by atoms with E-state index in [-0.39, 0.29) is 16.7 Å². The molecule has 2 heteroatoms. The van der Waals surface area contributed by atoms with Gasteiger partial charge in [-0.15, -0.1) is 0 Å². The van der Waals surface area contributed by atoms with Crippen molar-refractivity contribution in [2.75, 3.05) is 5.32 Å². The highest BCUT2D eigenvalue weighted by atomic mass is 16.2. The van der Waals surface area contributed by atoms with Gasteiger partial charge in [0.15, 0.2) is 0 Å². The van der Waals surface area contributed by atoms with Crippen molar-refractivity contribution in [3.8, 4) is 0 Å². The lowest BCUT2D eigenvalue weighted by Gasteiger charge is -2.81. The Kier molecular flexibility index (Phi) is 1.66. The van der Waals surface area contributed by atoms with Crippen LogP contribution in [0.5, 0.6) is 0 Å². The van der Waals surface area contributed by atoms with E-state index in [1.54, 1.807) is 0 Å². The van der Waals surface area contributed by atoms with Crippen molar-refractivity contribution in [2.45, 2.75) is 33.1 Å². The Morgan fingerprint density at radius 3 is 2.56 bits per heavy atom. The molecule has 4 atom stereocenters. The fourth-order valence-electron chi connectivity index (χ4n) is 5.48. The molecule has 5 aliphatic rings. The molecule has 4 bridgehead atoms. The maximum Gasteiger partial charge on any atom is 0.231 e. The largest absolute Gasteiger partial charge is 0.326 e. The number of hydrogen-bond donors (Lipinski definition) is 1. The molecule has 0 saturated heterocycles. The summed E-state index contributed by atoms with van der Waals surface area (Å²) in [7, 11) is 0. The summed E-state index contributed by atoms with van der Waals surface area (Å²) in [5.74, 6) is 0.904. The first-order valence-corrected chi connectivity index (χ1v) is 6.91. The van der Waals surface area contributed by atoms with Gasteiger partial charge in [-0.3, -0.25) is 4.79 Å². The molecule has 0 aromatic heterocycles. The normalized spacial score (nSPS) is 47.1. The van der Waals surface area contributed by atoms with Crippen LogP contribution in [0, 0.1) is 22.2 Å². The molecule has 1 aromatic carbocycles. The molecule has 94 valence electrons. The summed E-state index contributed by atoms with van der Waals surface area (Å²) in [5.41, 5.74) is 1.61. The lowest BCUT2D eigenvalue weighted by Crippen LogP contribution is -2.81. The van der Waals surface area contributed by atoms with Crippen LogP contribution in [0.3, 0.4) is 0 Å². The topological polar surface area (TPSA) is 29.1 Å². The molecule has 5 saturated carbocycles. The van der Waals surface area contributed by atoms with E-state index in [1.807, 2.05) is 30.3 Å². The maximum absolute atomic E-state index is 12.7. The minimum atomic E-state index is -0.0441. The molecule has 1 amide bonds. The van der Waals surface area contributed by atoms with Crippen LogP contribution in [0.2, 0.25) is 0 Å². The second-order valence-electron chi connectivity index (χ2n) is 6.81. The molecule has 0 radical (unpaired) electrons. The molecule has 0 heterocycles. The number of carbonyl (C=O) groups excluding carboxylic acids is 1. The van der Waals surface area contributed by atoms with Crippen LogP contribution in [0.4, 0.5) is 5.69 Å². The summed E-state index contributed by atoms with van der Waals surface area (Å²) in [6, 6.07) is 9.85. The third-order valence-corrected chi connectivity index (χ3v) is 6.63. The predicted octanol–water partition coefficient (Wildman–Crippen LogP) is 3.45. The van der Waals surface area contributed by atoms with Gasteiger partial charge in [0.1, 0.15) is 0 Å². The third kappa shape index (κ3) is 0.799. The van der Waals surface area contributed by atoms with E-state index in [1.165, 1.54) is 12.8 Å². The van der Waals surface area contributed by atoms with Gasteiger partial charge >= 0.3 is 0 Å². The first-order chi connectivity index (χ1) is 8.55. The highest BCUT2D eigenvalue weighted by molar-refractivity contribution is 5.99. The minimum Gasteiger partial charge on any atom is -0.326 e. The summed E-state index contributed by atoms with van der Waals surface area (Å²) < 4.78 is 0. The molecule has 0 spiro atoms. The summed E-state index contributed by atoms with van der Waals surface area (Å²) in [6.07, 6.45) is 3.57. The Hall–Kier alpha value is -1.31. The van der Waals surface area contributed by atoms with Crippen molar-refractivity contribution in [2.24, 2.45) is 22.2 Å². The van der Waals surface area contributed by atoms with Crippen LogP contribution in [0.1, 0.15) is 33.1 Å². The van der Waals surface area contributed by atoms with Crippen LogP contribution >= 0.6 is 0 Å². The fourth-order valence-corrected chi connectivity index (χ4v) is 5.48. The third-order valence-electron chi connectivity index (χ3n) is 6.63. The minimum absolute atomic E-state index is 0.0441. The first-order valence-electron chi connectivity index (χ1n) is 6.91. The average Bonchev–Trinajstić information content (AvgIpc) is 2.74. The second kappa shape index (κ2) is 2.81. The van der Waals surface area contributed by atoms with Gasteiger partial charge < -0.3 is 5.32 Å². The number of rotatable bonds is 2. The van der Waals surface area contributed by atoms with Gasteiger partial charge in [-0.2, -0.15) is 0 Å². The number of amides is 1. The zero-order chi connectivity index (χ0) is 12.6. The number of anilines is 1. The number of fused-ring (bicyclic) bond motifs is 1. The van der Waals surface area contributed by atoms with E-state index in [2.05, 4.69) is 19.2 Å². The highest BCUT2D eigenvalue weighted by Crippen LogP contribution is 2.93. The van der Waals surface area contributed by atoms with Gasteiger partial charge in [0.25, 0.3) is 0 Å². The Bertz CT molecular complexity index is 539. The molecule has 2 nitrogen and oxygen atoms in total. The van der Waals surface area contributed by atoms with Crippen molar-refractivity contribution in [3.05, 3.63) is 30.3 Å². The van der Waals surface area contributed by atoms with Gasteiger partial charge in [-0.05, 0) is 48.1 Å². The lowest BCUT2D eigenvalue weighted by molar-refractivity contribution is -0.326. The number of benzene rings is 1. The SMILES string of the molecule is CC12CC3(C(=O)Nc4ccccc4)[C@H]1CC[C@]23C. The van der Waals surface area contributed by atoms with Crippen LogP contribution in [0.25, 0.3) is 0 Å². The van der Waals surface area contributed by atoms with E-state index >= 15 is 0 Å². The molecule has 18 heavy (non-hydrogen) atoms. The maximum atomic E-state index is 12.7. The molecule has 5 fully saturated rings. The summed E-state index contributed by atoms with van der Waals surface area (Å²) >= 11 is 0. The summed E-state index contributed by atoms with van der Waals surface area (Å²) in [6.45, 7) is 4.70. The predicted molar refractivity (Wildman–Crippen MR) is 71.1 cm³/mol. The Labute approximate surface area is 108 Å². The Balaban J connectivity index is 1.62. The second-order valence-corrected chi connectivity index (χ2v) is 6.81. The molecule has 1 aromatic rings. The Morgan fingerprint density at radius 1 is 1.28 bits per heavy atom. The standard InChI is InChI=1S/C16H19NO/c1-14-10-16(12(14)8-9-15(14,16)2)13(18)17-11-6-4-3-5-7-11/h3-7,12H,8-10H2,1-2H3,(H,17,18)/t12-,14?,15+,16?/m0/s1. The molecular formula is C16H19NO. The lowest BCUT2D eigenvalue weighted by atomic mass is 9.21. The quantitative estimate of drug-likeness (QED) is 0.844. The van der Waals surface area contributed by atoms with E-state index < -0.39 is 0 Å². The van der Waals surface area contributed by atoms with Gasteiger partial charge in [-0.1, -0.05) is 32.0 Å². The van der Waals surface area contributed by atoms with Crippen molar-refractivity contribution < 1.29 is 4.79 Å². The number of carbonyl (C=O) groups is 1. The van der Waals surface area contributed by atoms with Crippen LogP contribution in [-0.4, -0.2) is 5.91 Å². The van der Waals surface area contributed by atoms with Gasteiger partial charge in [0.2, 0.25) is 5.91 Å². The van der Waals surface area contributed by atoms with Crippen molar-refractivity contribution in [1.29, 1.82) is 0 Å². The van der Waals surface area contributed by atoms with Gasteiger partial charge in [0.05, 0.1) is 5.41 Å². The zero-order valence-corrected chi connectivity index (χ0v) is 11.0. The van der Waals surface area contributed by atoms with Gasteiger partial charge in [0, 0.05) is 5.69 Å². The van der Waals surface area contributed by atoms with E-state index in [4.69, 9.17) is 0 Å². The smallest absolute Gasteiger partial charge is 0.231 e. The van der Waals surface area contributed by atoms with Crippen molar-refractivity contribution in [1.82, 2.24) is 0 Å². The van der Waals surface area contributed by atoms with E-state index in [0.29, 0.717) is 11.3 Å². The molecule has 1 N–H and O–H groups in total. The van der Waals surface area contributed by atoms with Crippen LogP contribution in [0.15, 0.2) is 30.3 Å². The average molecular weight is 241 g/mol. The van der Waals surface area contributed by atoms with E-state index in [9.17, 15) is 4.79 Å². The van der Waals surface area contributed by atoms with Crippen molar-refractivity contribution in [3.63, 3.8) is 0 Å². The van der Waals surface area contributed by atoms with Crippen molar-refractivity contribution >= 4 is 11.6 Å². The number of para-hydroxylation sites is 1. The van der Waals surface area contributed by atoms with Crippen LogP contribution in [-0.2, 0) is 4.79 Å². The van der Waals surface area contributed by atoms with E-state index in [0.717, 1.165) is 12.1 Å². The molecule has 2 unspecified atom stereocenters. The monoisotopic (exact) mass is 241 g/mol. The summed E-state index contributed by atoms with van der Waals surface area (Å²) in [5, 5.41) is 3.13. The van der Waals surface area contributed by atoms with Crippen LogP contribution < -0.4 is 5.32 Å². The fraction of sp³-hybridized carbons (Fsp3) is 0.562.